The Hall–Kier alpha value is -2.82. The summed E-state index contributed by atoms with van der Waals surface area (Å²) in [6.45, 7) is 1.85. The van der Waals surface area contributed by atoms with Crippen molar-refractivity contribution in [2.75, 3.05) is 18.2 Å². The average Bonchev–Trinajstić information content (AvgIpc) is 2.75. The minimum Gasteiger partial charge on any atom is -0.497 e. The van der Waals surface area contributed by atoms with Crippen LogP contribution in [0.25, 0.3) is 0 Å². The van der Waals surface area contributed by atoms with Crippen molar-refractivity contribution < 1.29 is 17.9 Å². The number of H-pyrrole nitrogens is 1. The van der Waals surface area contributed by atoms with E-state index in [1.807, 2.05) is 6.92 Å². The predicted octanol–water partition coefficient (Wildman–Crippen LogP) is 3.30. The Balaban J connectivity index is 1.69. The number of aromatic nitrogens is 2. The zero-order valence-corrected chi connectivity index (χ0v) is 18.9. The Morgan fingerprint density at radius 2 is 1.94 bits per heavy atom. The molecule has 0 saturated heterocycles. The maximum absolute atomic E-state index is 12.7. The molecule has 3 rings (SSSR count). The fourth-order valence-corrected chi connectivity index (χ4v) is 4.56. The number of carbonyl (C=O) groups is 1. The zero-order valence-electron chi connectivity index (χ0n) is 16.5. The van der Waals surface area contributed by atoms with Crippen LogP contribution in [0.15, 0.2) is 68.4 Å². The number of sulfone groups is 1. The molecule has 11 heteroatoms. The number of methoxy groups -OCH3 is 1. The van der Waals surface area contributed by atoms with Crippen LogP contribution in [0.1, 0.15) is 5.56 Å². The molecule has 0 aliphatic carbocycles. The molecular weight excluding hydrogens is 462 g/mol. The number of benzene rings is 2. The zero-order chi connectivity index (χ0) is 22.6. The standard InChI is InChI=1S/C20H18ClN3O5S2/c1-12-3-4-13(9-16(12)21)23-18(25)11-30-20-22-10-17(19(26)24-20)31(27,28)15-7-5-14(29-2)6-8-15/h3-10H,11H2,1-2H3,(H,23,25)(H,22,24,26). The minimum atomic E-state index is -4.05. The van der Waals surface area contributed by atoms with Gasteiger partial charge >= 0.3 is 0 Å². The van der Waals surface area contributed by atoms with E-state index in [0.717, 1.165) is 23.5 Å². The van der Waals surface area contributed by atoms with Crippen LogP contribution in [0.2, 0.25) is 5.02 Å². The maximum Gasteiger partial charge on any atom is 0.270 e. The molecule has 31 heavy (non-hydrogen) atoms. The Bertz CT molecular complexity index is 1270. The summed E-state index contributed by atoms with van der Waals surface area (Å²) in [6, 6.07) is 10.8. The molecule has 0 atom stereocenters. The van der Waals surface area contributed by atoms with Gasteiger partial charge in [-0.15, -0.1) is 0 Å². The molecule has 0 radical (unpaired) electrons. The third-order valence-corrected chi connectivity index (χ3v) is 7.26. The van der Waals surface area contributed by atoms with Crippen LogP contribution >= 0.6 is 23.4 Å². The highest BCUT2D eigenvalue weighted by molar-refractivity contribution is 7.99. The fourth-order valence-electron chi connectivity index (χ4n) is 2.52. The van der Waals surface area contributed by atoms with Crippen molar-refractivity contribution in [1.29, 1.82) is 0 Å². The van der Waals surface area contributed by atoms with Crippen molar-refractivity contribution in [3.63, 3.8) is 0 Å². The van der Waals surface area contributed by atoms with Crippen molar-refractivity contribution in [3.05, 3.63) is 69.6 Å². The fraction of sp³-hybridized carbons (Fsp3) is 0.150. The first-order valence-electron chi connectivity index (χ1n) is 8.88. The number of hydrogen-bond donors (Lipinski definition) is 2. The summed E-state index contributed by atoms with van der Waals surface area (Å²) in [7, 11) is -2.59. The maximum atomic E-state index is 12.7. The molecule has 2 N–H and O–H groups in total. The van der Waals surface area contributed by atoms with E-state index in [0.29, 0.717) is 16.5 Å². The first-order valence-corrected chi connectivity index (χ1v) is 11.7. The number of aromatic amines is 1. The average molecular weight is 480 g/mol. The number of carbonyl (C=O) groups excluding carboxylic acids is 1. The van der Waals surface area contributed by atoms with Gasteiger partial charge in [0.15, 0.2) is 10.1 Å². The van der Waals surface area contributed by atoms with Gasteiger partial charge in [-0.1, -0.05) is 29.4 Å². The molecule has 3 aromatic rings. The number of nitrogens with zero attached hydrogens (tertiary/aromatic N) is 1. The summed E-state index contributed by atoms with van der Waals surface area (Å²) < 4.78 is 30.4. The predicted molar refractivity (Wildman–Crippen MR) is 119 cm³/mol. The molecule has 0 aliphatic heterocycles. The quantitative estimate of drug-likeness (QED) is 0.394. The van der Waals surface area contributed by atoms with Gasteiger partial charge in [0.05, 0.1) is 24.0 Å². The SMILES string of the molecule is COc1ccc(S(=O)(=O)c2cnc(SCC(=O)Nc3ccc(C)c(Cl)c3)[nH]c2=O)cc1. The van der Waals surface area contributed by atoms with E-state index >= 15 is 0 Å². The van der Waals surface area contributed by atoms with E-state index in [1.54, 1.807) is 18.2 Å². The highest BCUT2D eigenvalue weighted by Gasteiger charge is 2.22. The summed E-state index contributed by atoms with van der Waals surface area (Å²) in [5.74, 6) is 0.116. The molecule has 0 saturated carbocycles. The van der Waals surface area contributed by atoms with Crippen LogP contribution in [0.4, 0.5) is 5.69 Å². The van der Waals surface area contributed by atoms with Crippen LogP contribution in [-0.4, -0.2) is 37.2 Å². The van der Waals surface area contributed by atoms with E-state index < -0.39 is 20.3 Å². The number of ether oxygens (including phenoxy) is 1. The first kappa shape index (κ1) is 22.9. The summed E-state index contributed by atoms with van der Waals surface area (Å²) in [6.07, 6.45) is 0.985. The number of anilines is 1. The number of halogens is 1. The summed E-state index contributed by atoms with van der Waals surface area (Å²) >= 11 is 7.00. The lowest BCUT2D eigenvalue weighted by atomic mass is 10.2. The highest BCUT2D eigenvalue weighted by atomic mass is 35.5. The second kappa shape index (κ2) is 9.54. The lowest BCUT2D eigenvalue weighted by Gasteiger charge is -2.07. The summed E-state index contributed by atoms with van der Waals surface area (Å²) in [5, 5.41) is 3.34. The van der Waals surface area contributed by atoms with Crippen LogP contribution in [0.5, 0.6) is 5.75 Å². The molecule has 8 nitrogen and oxygen atoms in total. The topological polar surface area (TPSA) is 118 Å². The van der Waals surface area contributed by atoms with E-state index in [1.165, 1.54) is 31.4 Å². The number of amides is 1. The smallest absolute Gasteiger partial charge is 0.270 e. The van der Waals surface area contributed by atoms with Gasteiger partial charge in [0, 0.05) is 10.7 Å². The monoisotopic (exact) mass is 479 g/mol. The van der Waals surface area contributed by atoms with Crippen molar-refractivity contribution in [2.24, 2.45) is 0 Å². The van der Waals surface area contributed by atoms with Crippen LogP contribution < -0.4 is 15.6 Å². The molecule has 0 unspecified atom stereocenters. The number of hydrogen-bond acceptors (Lipinski definition) is 7. The third kappa shape index (κ3) is 5.46. The van der Waals surface area contributed by atoms with Crippen LogP contribution in [0, 0.1) is 6.92 Å². The van der Waals surface area contributed by atoms with E-state index in [-0.39, 0.29) is 21.7 Å². The van der Waals surface area contributed by atoms with E-state index in [9.17, 15) is 18.0 Å². The minimum absolute atomic E-state index is 0.0426. The van der Waals surface area contributed by atoms with Crippen molar-refractivity contribution in [1.82, 2.24) is 9.97 Å². The summed E-state index contributed by atoms with van der Waals surface area (Å²) in [5.41, 5.74) is 0.614. The Morgan fingerprint density at radius 3 is 2.55 bits per heavy atom. The van der Waals surface area contributed by atoms with Crippen molar-refractivity contribution in [3.8, 4) is 5.75 Å². The van der Waals surface area contributed by atoms with Crippen molar-refractivity contribution in [2.45, 2.75) is 21.9 Å². The molecular formula is C20H18ClN3O5S2. The van der Waals surface area contributed by atoms with Gasteiger partial charge in [-0.25, -0.2) is 13.4 Å². The van der Waals surface area contributed by atoms with Gasteiger partial charge in [-0.05, 0) is 48.9 Å². The largest absolute Gasteiger partial charge is 0.497 e. The Labute approximate surface area is 187 Å². The molecule has 2 aromatic carbocycles. The van der Waals surface area contributed by atoms with Gasteiger partial charge in [-0.2, -0.15) is 0 Å². The number of rotatable bonds is 7. The molecule has 0 spiro atoms. The van der Waals surface area contributed by atoms with Gasteiger partial charge in [0.1, 0.15) is 5.75 Å². The lowest BCUT2D eigenvalue weighted by molar-refractivity contribution is -0.113. The number of nitrogens with one attached hydrogen (secondary N) is 2. The summed E-state index contributed by atoms with van der Waals surface area (Å²) in [4.78, 5) is 30.3. The lowest BCUT2D eigenvalue weighted by Crippen LogP contribution is -2.20. The molecule has 0 bridgehead atoms. The van der Waals surface area contributed by atoms with Gasteiger partial charge in [0.2, 0.25) is 15.7 Å². The van der Waals surface area contributed by atoms with Gasteiger partial charge in [-0.3, -0.25) is 9.59 Å². The normalized spacial score (nSPS) is 11.2. The van der Waals surface area contributed by atoms with Crippen LogP contribution in [0.3, 0.4) is 0 Å². The molecule has 0 fully saturated rings. The molecule has 1 heterocycles. The van der Waals surface area contributed by atoms with Gasteiger partial charge in [0.25, 0.3) is 5.56 Å². The van der Waals surface area contributed by atoms with Crippen LogP contribution in [-0.2, 0) is 14.6 Å². The van der Waals surface area contributed by atoms with E-state index in [4.69, 9.17) is 16.3 Å². The second-order valence-electron chi connectivity index (χ2n) is 6.36. The number of thioether (sulfide) groups is 1. The Morgan fingerprint density at radius 1 is 1.23 bits per heavy atom. The molecule has 1 amide bonds. The first-order chi connectivity index (χ1) is 14.7. The van der Waals surface area contributed by atoms with E-state index in [2.05, 4.69) is 15.3 Å². The van der Waals surface area contributed by atoms with Gasteiger partial charge < -0.3 is 15.0 Å². The Kier molecular flexibility index (Phi) is 7.04. The van der Waals surface area contributed by atoms with Crippen molar-refractivity contribution >= 4 is 44.8 Å². The molecule has 1 aromatic heterocycles. The second-order valence-corrected chi connectivity index (χ2v) is 9.65. The molecule has 0 aliphatic rings. The molecule has 162 valence electrons. The number of aryl methyl sites for hydroxylation is 1. The highest BCUT2D eigenvalue weighted by Crippen LogP contribution is 2.22. The third-order valence-electron chi connectivity index (χ3n) is 4.20.